The summed E-state index contributed by atoms with van der Waals surface area (Å²) >= 11 is 0. The quantitative estimate of drug-likeness (QED) is 0.795. The molecule has 2 aromatic heterocycles. The normalized spacial score (nSPS) is 10.7. The molecule has 1 aromatic carbocycles. The fourth-order valence-corrected chi connectivity index (χ4v) is 2.14. The Morgan fingerprint density at radius 2 is 2.00 bits per heavy atom. The number of hydrogen-bond acceptors (Lipinski definition) is 3. The average molecular weight is 270 g/mol. The summed E-state index contributed by atoms with van der Waals surface area (Å²) in [4.78, 5) is 12.3. The number of benzene rings is 1. The molecule has 3 aromatic rings. The van der Waals surface area contributed by atoms with Gasteiger partial charge in [-0.3, -0.25) is 4.79 Å². The van der Waals surface area contributed by atoms with E-state index in [1.165, 1.54) is 0 Å². The molecule has 0 aliphatic heterocycles. The van der Waals surface area contributed by atoms with Crippen molar-refractivity contribution in [3.63, 3.8) is 0 Å². The van der Waals surface area contributed by atoms with E-state index in [0.717, 1.165) is 11.3 Å². The van der Waals surface area contributed by atoms with Gasteiger partial charge < -0.3 is 19.0 Å². The minimum absolute atomic E-state index is 0.177. The van der Waals surface area contributed by atoms with Crippen LogP contribution >= 0.6 is 0 Å². The maximum atomic E-state index is 12.3. The molecule has 1 N–H and O–H groups in total. The van der Waals surface area contributed by atoms with Gasteiger partial charge in [0.25, 0.3) is 5.91 Å². The van der Waals surface area contributed by atoms with Gasteiger partial charge in [0.15, 0.2) is 5.58 Å². The van der Waals surface area contributed by atoms with Crippen LogP contribution in [0.5, 0.6) is 5.75 Å². The third kappa shape index (κ3) is 2.03. The molecular formula is C15H14N2O3. The molecule has 5 nitrogen and oxygen atoms in total. The van der Waals surface area contributed by atoms with Crippen LogP contribution in [0.3, 0.4) is 0 Å². The highest BCUT2D eigenvalue weighted by Gasteiger charge is 2.15. The Morgan fingerprint density at radius 3 is 2.65 bits per heavy atom. The summed E-state index contributed by atoms with van der Waals surface area (Å²) in [6, 6.07) is 10.8. The van der Waals surface area contributed by atoms with Crippen molar-refractivity contribution in [2.45, 2.75) is 0 Å². The molecule has 0 fully saturated rings. The zero-order valence-corrected chi connectivity index (χ0v) is 11.2. The van der Waals surface area contributed by atoms with Crippen LogP contribution in [-0.2, 0) is 7.05 Å². The van der Waals surface area contributed by atoms with Crippen LogP contribution in [0.25, 0.3) is 11.1 Å². The highest BCUT2D eigenvalue weighted by Crippen LogP contribution is 2.21. The number of hydrogen-bond donors (Lipinski definition) is 1. The number of methoxy groups -OCH3 is 1. The Hall–Kier alpha value is -2.69. The van der Waals surface area contributed by atoms with Gasteiger partial charge in [-0.05, 0) is 24.3 Å². The van der Waals surface area contributed by atoms with Gasteiger partial charge in [0, 0.05) is 24.9 Å². The SMILES string of the molecule is COc1ccc(NC(=O)c2cc3occc3n2C)cc1. The van der Waals surface area contributed by atoms with E-state index >= 15 is 0 Å². The van der Waals surface area contributed by atoms with E-state index in [1.54, 1.807) is 48.3 Å². The van der Waals surface area contributed by atoms with Gasteiger partial charge in [-0.1, -0.05) is 0 Å². The largest absolute Gasteiger partial charge is 0.497 e. The summed E-state index contributed by atoms with van der Waals surface area (Å²) in [7, 11) is 3.44. The maximum absolute atomic E-state index is 12.3. The zero-order valence-electron chi connectivity index (χ0n) is 11.2. The monoisotopic (exact) mass is 270 g/mol. The molecule has 3 rings (SSSR count). The van der Waals surface area contributed by atoms with Crippen molar-refractivity contribution < 1.29 is 13.9 Å². The molecule has 5 heteroatoms. The third-order valence-corrected chi connectivity index (χ3v) is 3.24. The number of rotatable bonds is 3. The molecule has 0 radical (unpaired) electrons. The lowest BCUT2D eigenvalue weighted by atomic mass is 10.3. The number of fused-ring (bicyclic) bond motifs is 1. The van der Waals surface area contributed by atoms with Gasteiger partial charge in [0.2, 0.25) is 0 Å². The maximum Gasteiger partial charge on any atom is 0.272 e. The zero-order chi connectivity index (χ0) is 14.1. The number of carbonyl (C=O) groups is 1. The van der Waals surface area contributed by atoms with E-state index in [4.69, 9.17) is 9.15 Å². The molecule has 0 aliphatic carbocycles. The summed E-state index contributed by atoms with van der Waals surface area (Å²) in [5.41, 5.74) is 2.86. The van der Waals surface area contributed by atoms with E-state index in [-0.39, 0.29) is 5.91 Å². The van der Waals surface area contributed by atoms with Crippen LogP contribution in [0.15, 0.2) is 47.1 Å². The van der Waals surface area contributed by atoms with Crippen LogP contribution in [0, 0.1) is 0 Å². The fraction of sp³-hybridized carbons (Fsp3) is 0.133. The number of carbonyl (C=O) groups excluding carboxylic acids is 1. The third-order valence-electron chi connectivity index (χ3n) is 3.24. The number of nitrogens with zero attached hydrogens (tertiary/aromatic N) is 1. The number of anilines is 1. The van der Waals surface area contributed by atoms with Gasteiger partial charge in [0.1, 0.15) is 11.4 Å². The Balaban J connectivity index is 1.84. The highest BCUT2D eigenvalue weighted by atomic mass is 16.5. The highest BCUT2D eigenvalue weighted by molar-refractivity contribution is 6.05. The first-order valence-corrected chi connectivity index (χ1v) is 6.17. The fourth-order valence-electron chi connectivity index (χ4n) is 2.14. The smallest absolute Gasteiger partial charge is 0.272 e. The molecule has 1 amide bonds. The van der Waals surface area contributed by atoms with Crippen LogP contribution < -0.4 is 10.1 Å². The number of furan rings is 1. The van der Waals surface area contributed by atoms with Gasteiger partial charge >= 0.3 is 0 Å². The average Bonchev–Trinajstić information content (AvgIpc) is 3.03. The van der Waals surface area contributed by atoms with Crippen molar-refractivity contribution in [3.8, 4) is 5.75 Å². The number of ether oxygens (including phenoxy) is 1. The lowest BCUT2D eigenvalue weighted by Gasteiger charge is -2.07. The summed E-state index contributed by atoms with van der Waals surface area (Å²) in [5.74, 6) is 0.573. The first kappa shape index (κ1) is 12.3. The molecule has 0 saturated heterocycles. The number of amides is 1. The minimum atomic E-state index is -0.177. The second-order valence-corrected chi connectivity index (χ2v) is 4.44. The molecule has 0 saturated carbocycles. The van der Waals surface area contributed by atoms with Crippen LogP contribution in [0.4, 0.5) is 5.69 Å². The van der Waals surface area contributed by atoms with Crippen molar-refractivity contribution in [3.05, 3.63) is 48.4 Å². The summed E-state index contributed by atoms with van der Waals surface area (Å²) in [6.07, 6.45) is 1.61. The van der Waals surface area contributed by atoms with Gasteiger partial charge in [0.05, 0.1) is 18.9 Å². The summed E-state index contributed by atoms with van der Waals surface area (Å²) in [6.45, 7) is 0. The van der Waals surface area contributed by atoms with Crippen molar-refractivity contribution in [2.75, 3.05) is 12.4 Å². The van der Waals surface area contributed by atoms with Crippen molar-refractivity contribution >= 4 is 22.7 Å². The number of nitrogens with one attached hydrogen (secondary N) is 1. The van der Waals surface area contributed by atoms with Crippen LogP contribution in [-0.4, -0.2) is 17.6 Å². The molecule has 102 valence electrons. The second kappa shape index (κ2) is 4.77. The van der Waals surface area contributed by atoms with E-state index in [0.29, 0.717) is 17.0 Å². The first-order valence-electron chi connectivity index (χ1n) is 6.17. The molecular weight excluding hydrogens is 256 g/mol. The summed E-state index contributed by atoms with van der Waals surface area (Å²) < 4.78 is 12.2. The number of aryl methyl sites for hydroxylation is 1. The van der Waals surface area contributed by atoms with Crippen molar-refractivity contribution in [1.29, 1.82) is 0 Å². The lowest BCUT2D eigenvalue weighted by Crippen LogP contribution is -2.15. The van der Waals surface area contributed by atoms with E-state index < -0.39 is 0 Å². The molecule has 20 heavy (non-hydrogen) atoms. The summed E-state index contributed by atoms with van der Waals surface area (Å²) in [5, 5.41) is 2.84. The molecule has 0 atom stereocenters. The molecule has 0 bridgehead atoms. The second-order valence-electron chi connectivity index (χ2n) is 4.44. The lowest BCUT2D eigenvalue weighted by molar-refractivity contribution is 0.101. The Morgan fingerprint density at radius 1 is 1.25 bits per heavy atom. The standard InChI is InChI=1S/C15H14N2O3/c1-17-12-7-8-20-14(12)9-13(17)15(18)16-10-3-5-11(19-2)6-4-10/h3-9H,1-2H3,(H,16,18). The molecule has 0 aliphatic rings. The molecule has 0 unspecified atom stereocenters. The van der Waals surface area contributed by atoms with Crippen molar-refractivity contribution in [2.24, 2.45) is 7.05 Å². The first-order chi connectivity index (χ1) is 9.69. The molecule has 0 spiro atoms. The van der Waals surface area contributed by atoms with E-state index in [1.807, 2.05) is 13.1 Å². The predicted molar refractivity (Wildman–Crippen MR) is 76.1 cm³/mol. The van der Waals surface area contributed by atoms with Gasteiger partial charge in [-0.15, -0.1) is 0 Å². The predicted octanol–water partition coefficient (Wildman–Crippen LogP) is 3.03. The van der Waals surface area contributed by atoms with Crippen LogP contribution in [0.1, 0.15) is 10.5 Å². The minimum Gasteiger partial charge on any atom is -0.497 e. The Kier molecular flexibility index (Phi) is 2.95. The Labute approximate surface area is 115 Å². The van der Waals surface area contributed by atoms with Gasteiger partial charge in [-0.25, -0.2) is 0 Å². The topological polar surface area (TPSA) is 56.4 Å². The van der Waals surface area contributed by atoms with Crippen LogP contribution in [0.2, 0.25) is 0 Å². The van der Waals surface area contributed by atoms with Crippen molar-refractivity contribution in [1.82, 2.24) is 4.57 Å². The van der Waals surface area contributed by atoms with Gasteiger partial charge in [-0.2, -0.15) is 0 Å². The van der Waals surface area contributed by atoms with E-state index in [9.17, 15) is 4.79 Å². The Bertz CT molecular complexity index is 753. The number of aromatic nitrogens is 1. The molecule has 2 heterocycles. The van der Waals surface area contributed by atoms with E-state index in [2.05, 4.69) is 5.32 Å².